The maximum atomic E-state index is 12.6. The van der Waals surface area contributed by atoms with E-state index in [1.54, 1.807) is 4.57 Å². The Hall–Kier alpha value is -2.37. The molecule has 3 heterocycles. The summed E-state index contributed by atoms with van der Waals surface area (Å²) in [6.07, 6.45) is -0.266. The van der Waals surface area contributed by atoms with E-state index in [4.69, 9.17) is 9.90 Å². The van der Waals surface area contributed by atoms with E-state index in [-0.39, 0.29) is 11.5 Å². The Morgan fingerprint density at radius 1 is 1.19 bits per heavy atom. The van der Waals surface area contributed by atoms with E-state index in [0.717, 1.165) is 31.8 Å². The molecule has 4 rings (SSSR count). The Morgan fingerprint density at radius 2 is 1.75 bits per heavy atom. The molecule has 1 saturated heterocycles. The number of hydrogen-bond donors (Lipinski definition) is 1. The number of piperidine rings is 1. The van der Waals surface area contributed by atoms with Gasteiger partial charge in [-0.15, -0.1) is 5.10 Å². The van der Waals surface area contributed by atoms with E-state index in [1.165, 1.54) is 24.1 Å². The van der Waals surface area contributed by atoms with Gasteiger partial charge in [-0.1, -0.05) is 13.8 Å². The fourth-order valence-electron chi connectivity index (χ4n) is 4.31. The van der Waals surface area contributed by atoms with Crippen molar-refractivity contribution in [2.24, 2.45) is 11.8 Å². The Balaban J connectivity index is 0.000000360. The molecule has 1 saturated carbocycles. The lowest BCUT2D eigenvalue weighted by Gasteiger charge is -2.43. The van der Waals surface area contributed by atoms with Gasteiger partial charge in [0.05, 0.1) is 12.1 Å². The van der Waals surface area contributed by atoms with Crippen molar-refractivity contribution in [1.29, 1.82) is 0 Å². The van der Waals surface area contributed by atoms with Crippen LogP contribution in [-0.2, 0) is 17.9 Å². The van der Waals surface area contributed by atoms with Crippen LogP contribution in [0, 0.1) is 11.8 Å². The lowest BCUT2D eigenvalue weighted by molar-refractivity contribution is -0.192. The van der Waals surface area contributed by atoms with Gasteiger partial charge in [-0.05, 0) is 37.5 Å². The van der Waals surface area contributed by atoms with Gasteiger partial charge >= 0.3 is 23.3 Å². The normalized spacial score (nSPS) is 20.3. The summed E-state index contributed by atoms with van der Waals surface area (Å²) in [5.74, 6) is -0.915. The minimum absolute atomic E-state index is 0.0668. The number of fused-ring (bicyclic) bond motifs is 1. The minimum Gasteiger partial charge on any atom is -0.475 e. The SMILES string of the molecule is CC(C)Cn1nc2n(c(=O)c1=O)CC1(CCN(CC3CC3)CC1)N2C.O=C(O)C(F)(F)F. The van der Waals surface area contributed by atoms with Crippen molar-refractivity contribution in [3.05, 3.63) is 20.7 Å². The maximum Gasteiger partial charge on any atom is 0.490 e. The van der Waals surface area contributed by atoms with Gasteiger partial charge in [-0.25, -0.2) is 9.48 Å². The molecular formula is C20H30F3N5O4. The van der Waals surface area contributed by atoms with Crippen molar-refractivity contribution in [2.75, 3.05) is 31.6 Å². The first kappa shape index (κ1) is 24.3. The molecule has 9 nitrogen and oxygen atoms in total. The van der Waals surface area contributed by atoms with Crippen LogP contribution >= 0.6 is 0 Å². The fraction of sp³-hybridized carbons (Fsp3) is 0.800. The number of likely N-dealkylation sites (N-methyl/N-ethyl adjacent to an activating group) is 1. The summed E-state index contributed by atoms with van der Waals surface area (Å²) in [4.78, 5) is 38.6. The molecule has 1 spiro atoms. The number of carboxylic acids is 1. The predicted molar refractivity (Wildman–Crippen MR) is 111 cm³/mol. The molecule has 0 atom stereocenters. The average Bonchev–Trinajstić information content (AvgIpc) is 3.47. The number of nitrogens with zero attached hydrogens (tertiary/aromatic N) is 5. The third kappa shape index (κ3) is 5.16. The van der Waals surface area contributed by atoms with Crippen molar-refractivity contribution in [3.8, 4) is 0 Å². The van der Waals surface area contributed by atoms with Crippen LogP contribution in [0.4, 0.5) is 19.1 Å². The molecular weight excluding hydrogens is 431 g/mol. The number of rotatable bonds is 4. The van der Waals surface area contributed by atoms with Gasteiger partial charge in [0.15, 0.2) is 0 Å². The largest absolute Gasteiger partial charge is 0.490 e. The van der Waals surface area contributed by atoms with Crippen molar-refractivity contribution >= 4 is 11.9 Å². The molecule has 3 aliphatic rings. The lowest BCUT2D eigenvalue weighted by atomic mass is 9.87. The van der Waals surface area contributed by atoms with Crippen LogP contribution in [0.3, 0.4) is 0 Å². The molecule has 1 aliphatic carbocycles. The number of carbonyl (C=O) groups is 1. The molecule has 1 aromatic rings. The summed E-state index contributed by atoms with van der Waals surface area (Å²) in [6.45, 7) is 8.50. The minimum atomic E-state index is -5.08. The van der Waals surface area contributed by atoms with Crippen LogP contribution in [0.25, 0.3) is 0 Å². The highest BCUT2D eigenvalue weighted by Crippen LogP contribution is 2.38. The number of carboxylic acid groups (broad SMARTS) is 1. The van der Waals surface area contributed by atoms with E-state index in [0.29, 0.717) is 19.0 Å². The van der Waals surface area contributed by atoms with Crippen LogP contribution in [0.15, 0.2) is 9.59 Å². The summed E-state index contributed by atoms with van der Waals surface area (Å²) >= 11 is 0. The third-order valence-corrected chi connectivity index (χ3v) is 6.36. The highest BCUT2D eigenvalue weighted by atomic mass is 19.4. The number of alkyl halides is 3. The molecule has 12 heteroatoms. The van der Waals surface area contributed by atoms with Gasteiger partial charge in [0.1, 0.15) is 0 Å². The molecule has 180 valence electrons. The number of aromatic nitrogens is 3. The van der Waals surface area contributed by atoms with Gasteiger partial charge in [-0.2, -0.15) is 13.2 Å². The van der Waals surface area contributed by atoms with E-state index in [2.05, 4.69) is 14.9 Å². The van der Waals surface area contributed by atoms with E-state index in [9.17, 15) is 22.8 Å². The summed E-state index contributed by atoms with van der Waals surface area (Å²) in [7, 11) is 2.03. The van der Waals surface area contributed by atoms with Crippen molar-refractivity contribution in [3.63, 3.8) is 0 Å². The first-order chi connectivity index (χ1) is 14.8. The van der Waals surface area contributed by atoms with Gasteiger partial charge in [0.2, 0.25) is 5.95 Å². The van der Waals surface area contributed by atoms with Crippen LogP contribution in [-0.4, -0.2) is 68.7 Å². The second-order valence-electron chi connectivity index (χ2n) is 9.40. The van der Waals surface area contributed by atoms with Crippen LogP contribution in [0.2, 0.25) is 0 Å². The van der Waals surface area contributed by atoms with Gasteiger partial charge in [0.25, 0.3) is 0 Å². The summed E-state index contributed by atoms with van der Waals surface area (Å²) in [5.41, 5.74) is -0.980. The van der Waals surface area contributed by atoms with Gasteiger partial charge in [-0.3, -0.25) is 14.2 Å². The summed E-state index contributed by atoms with van der Waals surface area (Å²) in [6, 6.07) is 0. The van der Waals surface area contributed by atoms with Crippen LogP contribution in [0.5, 0.6) is 0 Å². The monoisotopic (exact) mass is 461 g/mol. The molecule has 0 radical (unpaired) electrons. The molecule has 1 N–H and O–H groups in total. The van der Waals surface area contributed by atoms with E-state index >= 15 is 0 Å². The summed E-state index contributed by atoms with van der Waals surface area (Å²) in [5, 5.41) is 11.7. The third-order valence-electron chi connectivity index (χ3n) is 6.36. The van der Waals surface area contributed by atoms with Crippen molar-refractivity contribution in [2.45, 2.75) is 64.3 Å². The number of likely N-dealkylation sites (tertiary alicyclic amines) is 1. The van der Waals surface area contributed by atoms with E-state index in [1.807, 2.05) is 20.9 Å². The number of anilines is 1. The highest BCUT2D eigenvalue weighted by molar-refractivity contribution is 5.73. The zero-order valence-corrected chi connectivity index (χ0v) is 18.6. The first-order valence-electron chi connectivity index (χ1n) is 10.8. The van der Waals surface area contributed by atoms with Crippen molar-refractivity contribution < 1.29 is 23.1 Å². The second-order valence-corrected chi connectivity index (χ2v) is 9.40. The Bertz CT molecular complexity index is 959. The van der Waals surface area contributed by atoms with E-state index < -0.39 is 23.3 Å². The maximum absolute atomic E-state index is 12.6. The molecule has 0 amide bonds. The zero-order valence-electron chi connectivity index (χ0n) is 18.6. The van der Waals surface area contributed by atoms with Crippen LogP contribution in [0.1, 0.15) is 39.5 Å². The second kappa shape index (κ2) is 8.87. The van der Waals surface area contributed by atoms with Crippen molar-refractivity contribution in [1.82, 2.24) is 19.2 Å². The summed E-state index contributed by atoms with van der Waals surface area (Å²) < 4.78 is 34.7. The molecule has 1 aromatic heterocycles. The highest BCUT2D eigenvalue weighted by Gasteiger charge is 2.46. The molecule has 0 bridgehead atoms. The standard InChI is InChI=1S/C18H29N5O2.C2HF3O2/c1-13(2)10-23-16(25)15(24)22-12-18(20(3)17(22)19-23)6-8-21(9-7-18)11-14-4-5-14;3-2(4,5)1(6)7/h13-14H,4-12H2,1-3H3;(H,6,7). The number of aliphatic carboxylic acids is 1. The lowest BCUT2D eigenvalue weighted by Crippen LogP contribution is -2.53. The van der Waals surface area contributed by atoms with Gasteiger partial charge < -0.3 is 14.9 Å². The number of halogens is 3. The molecule has 0 unspecified atom stereocenters. The molecule has 32 heavy (non-hydrogen) atoms. The molecule has 2 fully saturated rings. The molecule has 0 aromatic carbocycles. The number of hydrogen-bond acceptors (Lipinski definition) is 6. The Labute approximate surface area is 183 Å². The topological polar surface area (TPSA) is 101 Å². The zero-order chi connectivity index (χ0) is 23.8. The van der Waals surface area contributed by atoms with Crippen LogP contribution < -0.4 is 16.0 Å². The quantitative estimate of drug-likeness (QED) is 0.677. The average molecular weight is 461 g/mol. The Kier molecular flexibility index (Phi) is 6.73. The first-order valence-corrected chi connectivity index (χ1v) is 10.8. The fourth-order valence-corrected chi connectivity index (χ4v) is 4.31. The molecule has 2 aliphatic heterocycles. The van der Waals surface area contributed by atoms with Gasteiger partial charge in [0, 0.05) is 33.2 Å². The predicted octanol–water partition coefficient (Wildman–Crippen LogP) is 1.39. The Morgan fingerprint density at radius 3 is 2.22 bits per heavy atom. The smallest absolute Gasteiger partial charge is 0.475 e.